The van der Waals surface area contributed by atoms with Crippen LogP contribution in [0.4, 0.5) is 0 Å². The molecular weight excluding hydrogens is 278 g/mol. The molecule has 4 nitrogen and oxygen atoms in total. The molecule has 0 aliphatic carbocycles. The predicted octanol–water partition coefficient (Wildman–Crippen LogP) is 1.76. The molecule has 0 aromatic heterocycles. The minimum atomic E-state index is -1.16. The Morgan fingerprint density at radius 2 is 1.86 bits per heavy atom. The third-order valence-corrected chi connectivity index (χ3v) is 4.10. The number of aliphatic hydroxyl groups excluding tert-OH is 1. The van der Waals surface area contributed by atoms with Gasteiger partial charge in [-0.3, -0.25) is 5.32 Å². The van der Waals surface area contributed by atoms with Gasteiger partial charge in [0, 0.05) is 6.54 Å². The monoisotopic (exact) mass is 297 g/mol. The molecule has 2 aromatic rings. The van der Waals surface area contributed by atoms with Gasteiger partial charge in [0.1, 0.15) is 6.61 Å². The average molecular weight is 297 g/mol. The molecule has 1 atom stereocenters. The topological polar surface area (TPSA) is 58.6 Å². The molecule has 2 aromatic carbocycles. The van der Waals surface area contributed by atoms with Gasteiger partial charge >= 0.3 is 5.97 Å². The van der Waals surface area contributed by atoms with Crippen molar-refractivity contribution in [2.45, 2.75) is 18.6 Å². The number of fused-ring (bicyclic) bond motifs is 1. The zero-order valence-electron chi connectivity index (χ0n) is 12.3. The number of aliphatic hydroxyl groups is 1. The number of hydrogen-bond acceptors (Lipinski definition) is 4. The quantitative estimate of drug-likeness (QED) is 0.844. The molecule has 0 amide bonds. The normalized spacial score (nSPS) is 20.2. The fraction of sp³-hybridized carbons (Fsp3) is 0.278. The van der Waals surface area contributed by atoms with Gasteiger partial charge in [0.2, 0.25) is 0 Å². The van der Waals surface area contributed by atoms with Crippen molar-refractivity contribution in [1.82, 2.24) is 5.32 Å². The van der Waals surface area contributed by atoms with E-state index in [-0.39, 0.29) is 13.2 Å². The molecule has 22 heavy (non-hydrogen) atoms. The van der Waals surface area contributed by atoms with Crippen LogP contribution >= 0.6 is 0 Å². The number of carbonyl (C=O) groups excluding carboxylic acids is 1. The number of rotatable bonds is 4. The largest absolute Gasteiger partial charge is 0.459 e. The lowest BCUT2D eigenvalue weighted by atomic mass is 9.83. The van der Waals surface area contributed by atoms with E-state index < -0.39 is 11.5 Å². The van der Waals surface area contributed by atoms with Gasteiger partial charge in [-0.2, -0.15) is 0 Å². The fourth-order valence-electron chi connectivity index (χ4n) is 2.89. The van der Waals surface area contributed by atoms with Crippen LogP contribution in [0.1, 0.15) is 16.7 Å². The highest BCUT2D eigenvalue weighted by Gasteiger charge is 2.44. The highest BCUT2D eigenvalue weighted by Crippen LogP contribution is 2.30. The second-order valence-corrected chi connectivity index (χ2v) is 5.46. The minimum Gasteiger partial charge on any atom is -0.459 e. The van der Waals surface area contributed by atoms with E-state index in [0.717, 1.165) is 23.1 Å². The summed E-state index contributed by atoms with van der Waals surface area (Å²) in [6.07, 6.45) is 0.837. The average Bonchev–Trinajstić information content (AvgIpc) is 2.60. The molecule has 0 fully saturated rings. The highest BCUT2D eigenvalue weighted by molar-refractivity contribution is 5.84. The van der Waals surface area contributed by atoms with E-state index in [1.54, 1.807) is 0 Å². The van der Waals surface area contributed by atoms with E-state index in [2.05, 4.69) is 5.32 Å². The lowest BCUT2D eigenvalue weighted by Crippen LogP contribution is -2.56. The van der Waals surface area contributed by atoms with E-state index in [1.165, 1.54) is 0 Å². The molecule has 1 heterocycles. The maximum absolute atomic E-state index is 12.6. The van der Waals surface area contributed by atoms with Gasteiger partial charge in [-0.05, 0) is 23.1 Å². The SMILES string of the molecule is O=C(OCc1ccccc1)[C@@]1(CO)NCCc2ccccc21. The Hall–Kier alpha value is -2.17. The van der Waals surface area contributed by atoms with Crippen LogP contribution in [0.5, 0.6) is 0 Å². The Morgan fingerprint density at radius 3 is 2.64 bits per heavy atom. The lowest BCUT2D eigenvalue weighted by Gasteiger charge is -2.36. The van der Waals surface area contributed by atoms with Crippen LogP contribution in [0.2, 0.25) is 0 Å². The molecule has 0 bridgehead atoms. The highest BCUT2D eigenvalue weighted by atomic mass is 16.5. The Morgan fingerprint density at radius 1 is 1.14 bits per heavy atom. The van der Waals surface area contributed by atoms with Gasteiger partial charge in [0.15, 0.2) is 5.54 Å². The second kappa shape index (κ2) is 6.30. The van der Waals surface area contributed by atoms with Crippen LogP contribution in [0.25, 0.3) is 0 Å². The predicted molar refractivity (Wildman–Crippen MR) is 83.2 cm³/mol. The molecule has 0 saturated carbocycles. The molecule has 1 aliphatic heterocycles. The van der Waals surface area contributed by atoms with Crippen LogP contribution in [0.15, 0.2) is 54.6 Å². The van der Waals surface area contributed by atoms with Crippen LogP contribution in [0.3, 0.4) is 0 Å². The summed E-state index contributed by atoms with van der Waals surface area (Å²) < 4.78 is 5.46. The molecule has 0 spiro atoms. The number of nitrogens with one attached hydrogen (secondary N) is 1. The van der Waals surface area contributed by atoms with E-state index in [0.29, 0.717) is 6.54 Å². The summed E-state index contributed by atoms with van der Waals surface area (Å²) in [4.78, 5) is 12.6. The maximum atomic E-state index is 12.6. The first-order chi connectivity index (χ1) is 10.8. The smallest absolute Gasteiger partial charge is 0.333 e. The maximum Gasteiger partial charge on any atom is 0.333 e. The van der Waals surface area contributed by atoms with Gasteiger partial charge in [0.25, 0.3) is 0 Å². The van der Waals surface area contributed by atoms with Crippen LogP contribution in [-0.4, -0.2) is 24.2 Å². The summed E-state index contributed by atoms with van der Waals surface area (Å²) >= 11 is 0. The number of hydrogen-bond donors (Lipinski definition) is 2. The Kier molecular flexibility index (Phi) is 4.22. The van der Waals surface area contributed by atoms with Crippen molar-refractivity contribution >= 4 is 5.97 Å². The third kappa shape index (κ3) is 2.63. The van der Waals surface area contributed by atoms with Crippen molar-refractivity contribution in [3.8, 4) is 0 Å². The van der Waals surface area contributed by atoms with Crippen molar-refractivity contribution in [3.05, 3.63) is 71.3 Å². The van der Waals surface area contributed by atoms with Gasteiger partial charge in [-0.1, -0.05) is 54.6 Å². The van der Waals surface area contributed by atoms with Crippen LogP contribution < -0.4 is 5.32 Å². The van der Waals surface area contributed by atoms with Crippen molar-refractivity contribution in [2.24, 2.45) is 0 Å². The third-order valence-electron chi connectivity index (χ3n) is 4.10. The summed E-state index contributed by atoms with van der Waals surface area (Å²) in [6, 6.07) is 17.2. The Balaban J connectivity index is 1.83. The number of ether oxygens (including phenoxy) is 1. The zero-order chi connectivity index (χ0) is 15.4. The summed E-state index contributed by atoms with van der Waals surface area (Å²) in [5, 5.41) is 13.0. The Bertz CT molecular complexity index is 656. The van der Waals surface area contributed by atoms with E-state index in [1.807, 2.05) is 54.6 Å². The second-order valence-electron chi connectivity index (χ2n) is 5.46. The lowest BCUT2D eigenvalue weighted by molar-refractivity contribution is -0.156. The number of carbonyl (C=O) groups is 1. The molecule has 3 rings (SSSR count). The first kappa shape index (κ1) is 14.8. The van der Waals surface area contributed by atoms with Gasteiger partial charge in [0.05, 0.1) is 6.61 Å². The van der Waals surface area contributed by atoms with Gasteiger partial charge in [-0.15, -0.1) is 0 Å². The Labute approximate surface area is 129 Å². The molecule has 1 aliphatic rings. The molecule has 0 unspecified atom stereocenters. The standard InChI is InChI=1S/C18H19NO3/c20-13-18(16-9-5-4-8-15(16)10-11-19-18)17(21)22-12-14-6-2-1-3-7-14/h1-9,19-20H,10-13H2/t18-/m0/s1. The summed E-state index contributed by atoms with van der Waals surface area (Å²) in [5.74, 6) is -0.439. The molecule has 0 radical (unpaired) electrons. The molecule has 2 N–H and O–H groups in total. The first-order valence-corrected chi connectivity index (χ1v) is 7.42. The summed E-state index contributed by atoms with van der Waals surface area (Å²) in [7, 11) is 0. The van der Waals surface area contributed by atoms with Gasteiger partial charge in [-0.25, -0.2) is 4.79 Å². The van der Waals surface area contributed by atoms with Crippen molar-refractivity contribution in [2.75, 3.05) is 13.2 Å². The molecule has 4 heteroatoms. The van der Waals surface area contributed by atoms with Crippen molar-refractivity contribution in [1.29, 1.82) is 0 Å². The van der Waals surface area contributed by atoms with Crippen molar-refractivity contribution < 1.29 is 14.6 Å². The minimum absolute atomic E-state index is 0.200. The van der Waals surface area contributed by atoms with E-state index in [9.17, 15) is 9.90 Å². The molecular formula is C18H19NO3. The van der Waals surface area contributed by atoms with Crippen molar-refractivity contribution in [3.63, 3.8) is 0 Å². The molecule has 0 saturated heterocycles. The molecule has 114 valence electrons. The van der Waals surface area contributed by atoms with Gasteiger partial charge < -0.3 is 9.84 Å². The number of benzene rings is 2. The fourth-order valence-corrected chi connectivity index (χ4v) is 2.89. The number of esters is 1. The van der Waals surface area contributed by atoms with E-state index >= 15 is 0 Å². The summed E-state index contributed by atoms with van der Waals surface area (Å²) in [5.41, 5.74) is 1.64. The zero-order valence-corrected chi connectivity index (χ0v) is 12.3. The van der Waals surface area contributed by atoms with E-state index in [4.69, 9.17) is 4.74 Å². The van der Waals surface area contributed by atoms with Crippen LogP contribution in [-0.2, 0) is 28.1 Å². The summed E-state index contributed by atoms with van der Waals surface area (Å²) in [6.45, 7) is 0.515. The van der Waals surface area contributed by atoms with Crippen LogP contribution in [0, 0.1) is 0 Å². The first-order valence-electron chi connectivity index (χ1n) is 7.42.